The molecule has 3 aromatic carbocycles. The maximum absolute atomic E-state index is 6.08. The Hall–Kier alpha value is -1.81. The molecule has 0 fully saturated rings. The summed E-state index contributed by atoms with van der Waals surface area (Å²) in [4.78, 5) is 0. The van der Waals surface area contributed by atoms with Gasteiger partial charge in [-0.2, -0.15) is 0 Å². The van der Waals surface area contributed by atoms with E-state index >= 15 is 0 Å². The summed E-state index contributed by atoms with van der Waals surface area (Å²) in [6, 6.07) is 20.5. The number of nitrogens with two attached hydrogens (primary N) is 1. The van der Waals surface area contributed by atoms with Crippen molar-refractivity contribution in [2.24, 2.45) is 5.73 Å². The number of aryl methyl sites for hydroxylation is 1. The zero-order valence-corrected chi connectivity index (χ0v) is 13.9. The van der Waals surface area contributed by atoms with E-state index in [2.05, 4.69) is 43.3 Å². The van der Waals surface area contributed by atoms with Crippen LogP contribution in [-0.2, 0) is 4.65 Å². The van der Waals surface area contributed by atoms with Gasteiger partial charge >= 0.3 is 6.92 Å². The second-order valence-corrected chi connectivity index (χ2v) is 6.04. The molecule has 0 saturated heterocycles. The highest BCUT2D eigenvalue weighted by molar-refractivity contribution is 6.82. The maximum atomic E-state index is 6.08. The van der Waals surface area contributed by atoms with Gasteiger partial charge in [-0.15, -0.1) is 0 Å². The van der Waals surface area contributed by atoms with Crippen LogP contribution in [0.15, 0.2) is 60.7 Å². The Morgan fingerprint density at radius 3 is 2.35 bits per heavy atom. The van der Waals surface area contributed by atoms with E-state index in [0.717, 1.165) is 15.9 Å². The van der Waals surface area contributed by atoms with Gasteiger partial charge in [-0.25, -0.2) is 0 Å². The molecule has 0 bridgehead atoms. The minimum Gasteiger partial charge on any atom is -0.426 e. The number of hydrogen-bond donors (Lipinski definition) is 1. The molecule has 3 rings (SSSR count). The van der Waals surface area contributed by atoms with Gasteiger partial charge < -0.3 is 10.4 Å². The summed E-state index contributed by atoms with van der Waals surface area (Å²) >= 11 is 6.02. The summed E-state index contributed by atoms with van der Waals surface area (Å²) in [7, 11) is 0. The predicted molar refractivity (Wildman–Crippen MR) is 100 cm³/mol. The zero-order valence-electron chi connectivity index (χ0n) is 13.1. The summed E-state index contributed by atoms with van der Waals surface area (Å²) in [5.74, 6) is 0. The smallest absolute Gasteiger partial charge is 0.362 e. The second-order valence-electron chi connectivity index (χ2n) is 5.61. The Morgan fingerprint density at radius 1 is 0.957 bits per heavy atom. The van der Waals surface area contributed by atoms with Crippen molar-refractivity contribution in [3.05, 3.63) is 71.2 Å². The van der Waals surface area contributed by atoms with E-state index in [4.69, 9.17) is 22.0 Å². The number of fused-ring (bicyclic) bond motifs is 1. The van der Waals surface area contributed by atoms with E-state index in [1.165, 1.54) is 16.3 Å². The first-order valence-electron chi connectivity index (χ1n) is 7.76. The van der Waals surface area contributed by atoms with E-state index in [0.29, 0.717) is 13.2 Å². The molecule has 0 aliphatic carbocycles. The van der Waals surface area contributed by atoms with Gasteiger partial charge in [-0.3, -0.25) is 0 Å². The summed E-state index contributed by atoms with van der Waals surface area (Å²) < 4.78 is 6.08. The fourth-order valence-corrected chi connectivity index (χ4v) is 3.02. The molecule has 0 heterocycles. The first kappa shape index (κ1) is 16.1. The molecule has 116 valence electrons. The Bertz CT molecular complexity index is 804. The minimum absolute atomic E-state index is 0.152. The molecule has 0 aromatic heterocycles. The van der Waals surface area contributed by atoms with Gasteiger partial charge in [0.2, 0.25) is 0 Å². The fraction of sp³-hybridized carbons (Fsp3) is 0.158. The van der Waals surface area contributed by atoms with Gasteiger partial charge in [0.1, 0.15) is 0 Å². The van der Waals surface area contributed by atoms with Gasteiger partial charge in [0, 0.05) is 18.2 Å². The molecule has 0 aliphatic heterocycles. The van der Waals surface area contributed by atoms with Crippen molar-refractivity contribution >= 4 is 40.2 Å². The topological polar surface area (TPSA) is 35.2 Å². The normalized spacial score (nSPS) is 10.9. The first-order chi connectivity index (χ1) is 11.2. The molecule has 0 atom stereocenters. The van der Waals surface area contributed by atoms with Crippen LogP contribution < -0.4 is 16.7 Å². The lowest BCUT2D eigenvalue weighted by atomic mass is 9.54. The van der Waals surface area contributed by atoms with E-state index in [1.807, 2.05) is 24.3 Å². The maximum Gasteiger partial charge on any atom is 0.362 e. The van der Waals surface area contributed by atoms with Crippen LogP contribution in [0.25, 0.3) is 10.8 Å². The Labute approximate surface area is 142 Å². The van der Waals surface area contributed by atoms with Crippen molar-refractivity contribution in [3.8, 4) is 0 Å². The average Bonchev–Trinajstić information content (AvgIpc) is 2.58. The highest BCUT2D eigenvalue weighted by atomic mass is 35.5. The van der Waals surface area contributed by atoms with Gasteiger partial charge in [0.05, 0.1) is 0 Å². The van der Waals surface area contributed by atoms with Crippen LogP contribution in [0.1, 0.15) is 5.56 Å². The lowest BCUT2D eigenvalue weighted by molar-refractivity contribution is 0.345. The minimum atomic E-state index is -0.152. The van der Waals surface area contributed by atoms with Crippen molar-refractivity contribution in [3.63, 3.8) is 0 Å². The van der Waals surface area contributed by atoms with Crippen molar-refractivity contribution in [2.75, 3.05) is 13.2 Å². The number of hydrogen-bond acceptors (Lipinski definition) is 2. The molecule has 0 unspecified atom stereocenters. The van der Waals surface area contributed by atoms with E-state index in [9.17, 15) is 0 Å². The molecule has 2 N–H and O–H groups in total. The van der Waals surface area contributed by atoms with Gasteiger partial charge in [0.25, 0.3) is 0 Å². The molecule has 0 saturated carbocycles. The monoisotopic (exact) mass is 323 g/mol. The third-order valence-corrected chi connectivity index (χ3v) is 4.29. The van der Waals surface area contributed by atoms with Crippen LogP contribution in [0.4, 0.5) is 0 Å². The van der Waals surface area contributed by atoms with Crippen molar-refractivity contribution in [2.45, 2.75) is 6.92 Å². The highest BCUT2D eigenvalue weighted by Crippen LogP contribution is 2.17. The summed E-state index contributed by atoms with van der Waals surface area (Å²) in [6.45, 7) is 2.98. The van der Waals surface area contributed by atoms with Gasteiger partial charge in [-0.1, -0.05) is 60.1 Å². The third-order valence-electron chi connectivity index (χ3n) is 4.03. The second kappa shape index (κ2) is 7.18. The standard InChI is InChI=1S/C19H19BClNO/c1-14-6-11-19(18-5-3-2-4-17(14)18)20(23-13-12-22)15-7-9-16(21)10-8-15/h2-11H,12-13,22H2,1H3. The molecule has 3 aromatic rings. The molecule has 2 nitrogen and oxygen atoms in total. The largest absolute Gasteiger partial charge is 0.426 e. The molecule has 0 spiro atoms. The van der Waals surface area contributed by atoms with Crippen LogP contribution in [0, 0.1) is 6.92 Å². The third kappa shape index (κ3) is 3.42. The molecule has 0 aliphatic rings. The fourth-order valence-electron chi connectivity index (χ4n) is 2.89. The van der Waals surface area contributed by atoms with Crippen molar-refractivity contribution < 1.29 is 4.65 Å². The van der Waals surface area contributed by atoms with Crippen LogP contribution in [-0.4, -0.2) is 20.1 Å². The van der Waals surface area contributed by atoms with E-state index < -0.39 is 0 Å². The summed E-state index contributed by atoms with van der Waals surface area (Å²) in [5.41, 5.74) is 9.14. The lowest BCUT2D eigenvalue weighted by Gasteiger charge is -2.18. The zero-order chi connectivity index (χ0) is 16.2. The molecule has 0 amide bonds. The number of rotatable bonds is 5. The Morgan fingerprint density at radius 2 is 1.65 bits per heavy atom. The molecule has 23 heavy (non-hydrogen) atoms. The van der Waals surface area contributed by atoms with Crippen LogP contribution >= 0.6 is 11.6 Å². The van der Waals surface area contributed by atoms with E-state index in [1.54, 1.807) is 0 Å². The predicted octanol–water partition coefficient (Wildman–Crippen LogP) is 2.88. The number of benzene rings is 3. The van der Waals surface area contributed by atoms with E-state index in [-0.39, 0.29) is 6.92 Å². The molecule has 0 radical (unpaired) electrons. The Balaban J connectivity index is 2.13. The molecule has 4 heteroatoms. The summed E-state index contributed by atoms with van der Waals surface area (Å²) in [6.07, 6.45) is 0. The van der Waals surface area contributed by atoms with Gasteiger partial charge in [-0.05, 0) is 46.3 Å². The van der Waals surface area contributed by atoms with Crippen LogP contribution in [0.3, 0.4) is 0 Å². The van der Waals surface area contributed by atoms with Gasteiger partial charge in [0.15, 0.2) is 0 Å². The average molecular weight is 324 g/mol. The SMILES string of the molecule is Cc1ccc(B(OCCN)c2ccc(Cl)cc2)c2ccccc12. The molecular weight excluding hydrogens is 304 g/mol. The highest BCUT2D eigenvalue weighted by Gasteiger charge is 2.23. The number of halogens is 1. The molecular formula is C19H19BClNO. The van der Waals surface area contributed by atoms with Crippen molar-refractivity contribution in [1.82, 2.24) is 0 Å². The van der Waals surface area contributed by atoms with Crippen molar-refractivity contribution in [1.29, 1.82) is 0 Å². The van der Waals surface area contributed by atoms with Crippen LogP contribution in [0.5, 0.6) is 0 Å². The Kier molecular flexibility index (Phi) is 5.01. The quantitative estimate of drug-likeness (QED) is 0.733. The lowest BCUT2D eigenvalue weighted by Crippen LogP contribution is -2.46. The summed E-state index contributed by atoms with van der Waals surface area (Å²) in [5, 5.41) is 3.19. The first-order valence-corrected chi connectivity index (χ1v) is 8.14. The van der Waals surface area contributed by atoms with Crippen LogP contribution in [0.2, 0.25) is 5.02 Å².